The van der Waals surface area contributed by atoms with Gasteiger partial charge in [-0.3, -0.25) is 9.69 Å². The zero-order valence-electron chi connectivity index (χ0n) is 17.5. The highest BCUT2D eigenvalue weighted by Gasteiger charge is 2.25. The lowest BCUT2D eigenvalue weighted by molar-refractivity contribution is 0.0928. The van der Waals surface area contributed by atoms with Crippen molar-refractivity contribution >= 4 is 27.3 Å². The minimum atomic E-state index is -3.77. The van der Waals surface area contributed by atoms with Crippen molar-refractivity contribution in [2.75, 3.05) is 26.2 Å². The second-order valence-electron chi connectivity index (χ2n) is 7.38. The molecule has 3 rings (SSSR count). The van der Waals surface area contributed by atoms with E-state index in [9.17, 15) is 17.6 Å². The van der Waals surface area contributed by atoms with E-state index >= 15 is 0 Å². The maximum Gasteiger partial charge on any atom is 0.254 e. The van der Waals surface area contributed by atoms with Gasteiger partial charge in [-0.2, -0.15) is 4.31 Å². The van der Waals surface area contributed by atoms with Crippen LogP contribution in [-0.2, 0) is 23.0 Å². The van der Waals surface area contributed by atoms with Crippen LogP contribution in [0.4, 0.5) is 4.39 Å². The first-order valence-electron chi connectivity index (χ1n) is 10.1. The highest BCUT2D eigenvalue weighted by Crippen LogP contribution is 2.25. The van der Waals surface area contributed by atoms with Gasteiger partial charge in [0.05, 0.1) is 10.5 Å². The molecule has 2 aromatic rings. The quantitative estimate of drug-likeness (QED) is 0.667. The van der Waals surface area contributed by atoms with Crippen LogP contribution in [-0.4, -0.2) is 55.8 Å². The largest absolute Gasteiger partial charge is 0.350 e. The number of fused-ring (bicyclic) bond motifs is 1. The molecule has 1 aromatic carbocycles. The molecule has 164 valence electrons. The summed E-state index contributed by atoms with van der Waals surface area (Å²) in [5.41, 5.74) is 1.07. The van der Waals surface area contributed by atoms with Gasteiger partial charge in [0.2, 0.25) is 10.0 Å². The van der Waals surface area contributed by atoms with Crippen LogP contribution < -0.4 is 5.32 Å². The Morgan fingerprint density at radius 3 is 2.73 bits per heavy atom. The van der Waals surface area contributed by atoms with E-state index in [1.807, 2.05) is 6.92 Å². The normalized spacial score (nSPS) is 15.8. The third-order valence-corrected chi connectivity index (χ3v) is 8.61. The Hall–Kier alpha value is -1.81. The average Bonchev–Trinajstić information content (AvgIpc) is 3.20. The lowest BCUT2D eigenvalue weighted by Crippen LogP contribution is -2.44. The summed E-state index contributed by atoms with van der Waals surface area (Å²) in [5, 5.41) is 4.86. The molecular formula is C21H28FN3O3S2. The van der Waals surface area contributed by atoms with Crippen molar-refractivity contribution < 1.29 is 17.6 Å². The van der Waals surface area contributed by atoms with Gasteiger partial charge < -0.3 is 5.32 Å². The monoisotopic (exact) mass is 453 g/mol. The van der Waals surface area contributed by atoms with E-state index < -0.39 is 21.7 Å². The van der Waals surface area contributed by atoms with Crippen LogP contribution >= 0.6 is 11.3 Å². The Morgan fingerprint density at radius 2 is 2.03 bits per heavy atom. The Labute approximate surface area is 181 Å². The lowest BCUT2D eigenvalue weighted by atomic mass is 10.1. The molecule has 1 atom stereocenters. The molecule has 0 bridgehead atoms. The number of nitrogens with one attached hydrogen (secondary N) is 1. The molecule has 1 amide bonds. The van der Waals surface area contributed by atoms with E-state index in [1.54, 1.807) is 25.2 Å². The van der Waals surface area contributed by atoms with Crippen molar-refractivity contribution in [3.8, 4) is 0 Å². The van der Waals surface area contributed by atoms with Gasteiger partial charge in [-0.25, -0.2) is 12.8 Å². The third-order valence-electron chi connectivity index (χ3n) is 5.54. The van der Waals surface area contributed by atoms with Crippen LogP contribution in [0.5, 0.6) is 0 Å². The van der Waals surface area contributed by atoms with Crippen LogP contribution in [0.2, 0.25) is 0 Å². The summed E-state index contributed by atoms with van der Waals surface area (Å²) in [6.07, 6.45) is 0.991. The molecule has 0 saturated carbocycles. The molecule has 1 aliphatic heterocycles. The topological polar surface area (TPSA) is 69.7 Å². The van der Waals surface area contributed by atoms with Crippen molar-refractivity contribution in [3.63, 3.8) is 0 Å². The Kier molecular flexibility index (Phi) is 7.28. The van der Waals surface area contributed by atoms with E-state index in [-0.39, 0.29) is 16.5 Å². The molecule has 0 fully saturated rings. The fraction of sp³-hybridized carbons (Fsp3) is 0.476. The molecule has 0 spiro atoms. The number of thiophene rings is 1. The standard InChI is InChI=1S/C21H28FN3O3S2/c1-4-25(5-2)30(27,28)17-6-7-19(22)18(12-17)21(26)23-13-15(3)24-10-8-20-16(14-24)9-11-29-20/h6-7,9,11-12,15H,4-5,8,10,13-14H2,1-3H3,(H,23,26). The second-order valence-corrected chi connectivity index (χ2v) is 10.3. The fourth-order valence-electron chi connectivity index (χ4n) is 3.66. The lowest BCUT2D eigenvalue weighted by Gasteiger charge is -2.32. The fourth-order valence-corrected chi connectivity index (χ4v) is 6.04. The number of halogens is 1. The third kappa shape index (κ3) is 4.74. The molecule has 9 heteroatoms. The van der Waals surface area contributed by atoms with Crippen LogP contribution in [0.25, 0.3) is 0 Å². The van der Waals surface area contributed by atoms with Crippen molar-refractivity contribution in [1.29, 1.82) is 0 Å². The molecule has 30 heavy (non-hydrogen) atoms. The zero-order valence-corrected chi connectivity index (χ0v) is 19.2. The molecule has 0 radical (unpaired) electrons. The highest BCUT2D eigenvalue weighted by atomic mass is 32.2. The molecule has 1 N–H and O–H groups in total. The maximum absolute atomic E-state index is 14.3. The minimum absolute atomic E-state index is 0.0765. The van der Waals surface area contributed by atoms with E-state index in [2.05, 4.69) is 21.7 Å². The average molecular weight is 454 g/mol. The van der Waals surface area contributed by atoms with Gasteiger partial charge in [-0.1, -0.05) is 13.8 Å². The number of nitrogens with zero attached hydrogens (tertiary/aromatic N) is 2. The first kappa shape index (κ1) is 22.9. The first-order chi connectivity index (χ1) is 14.3. The van der Waals surface area contributed by atoms with Crippen molar-refractivity contribution in [1.82, 2.24) is 14.5 Å². The molecule has 6 nitrogen and oxygen atoms in total. The SMILES string of the molecule is CCN(CC)S(=O)(=O)c1ccc(F)c(C(=O)NCC(C)N2CCc3sccc3C2)c1. The van der Waals surface area contributed by atoms with Crippen LogP contribution in [0.1, 0.15) is 41.6 Å². The molecule has 1 aliphatic rings. The summed E-state index contributed by atoms with van der Waals surface area (Å²) in [6.45, 7) is 8.20. The van der Waals surface area contributed by atoms with Crippen molar-refractivity contribution in [2.45, 2.75) is 44.7 Å². The smallest absolute Gasteiger partial charge is 0.254 e. The first-order valence-corrected chi connectivity index (χ1v) is 12.5. The van der Waals surface area contributed by atoms with Crippen LogP contribution in [0, 0.1) is 5.82 Å². The predicted molar refractivity (Wildman–Crippen MR) is 117 cm³/mol. The van der Waals surface area contributed by atoms with E-state index in [0.29, 0.717) is 19.6 Å². The van der Waals surface area contributed by atoms with Gasteiger partial charge in [-0.05, 0) is 48.6 Å². The zero-order chi connectivity index (χ0) is 21.9. The van der Waals surface area contributed by atoms with E-state index in [1.165, 1.54) is 20.8 Å². The molecule has 0 aliphatic carbocycles. The van der Waals surface area contributed by atoms with Gasteiger partial charge in [-0.15, -0.1) is 11.3 Å². The van der Waals surface area contributed by atoms with Gasteiger partial charge in [0, 0.05) is 43.6 Å². The second kappa shape index (κ2) is 9.55. The molecular weight excluding hydrogens is 425 g/mol. The van der Waals surface area contributed by atoms with E-state index in [4.69, 9.17) is 0 Å². The van der Waals surface area contributed by atoms with E-state index in [0.717, 1.165) is 31.6 Å². The number of hydrogen-bond acceptors (Lipinski definition) is 5. The van der Waals surface area contributed by atoms with Gasteiger partial charge in [0.15, 0.2) is 0 Å². The highest BCUT2D eigenvalue weighted by molar-refractivity contribution is 7.89. The van der Waals surface area contributed by atoms with Gasteiger partial charge >= 0.3 is 0 Å². The van der Waals surface area contributed by atoms with Gasteiger partial charge in [0.1, 0.15) is 5.82 Å². The summed E-state index contributed by atoms with van der Waals surface area (Å²) < 4.78 is 41.0. The summed E-state index contributed by atoms with van der Waals surface area (Å²) in [4.78, 5) is 16.2. The summed E-state index contributed by atoms with van der Waals surface area (Å²) in [6, 6.07) is 5.58. The molecule has 2 heterocycles. The Balaban J connectivity index is 1.68. The van der Waals surface area contributed by atoms with Gasteiger partial charge in [0.25, 0.3) is 5.91 Å². The number of carbonyl (C=O) groups excluding carboxylic acids is 1. The van der Waals surface area contributed by atoms with Crippen LogP contribution in [0.3, 0.4) is 0 Å². The number of carbonyl (C=O) groups is 1. The molecule has 1 aromatic heterocycles. The Bertz CT molecular complexity index is 1000. The summed E-state index contributed by atoms with van der Waals surface area (Å²) in [5.74, 6) is -1.34. The summed E-state index contributed by atoms with van der Waals surface area (Å²) >= 11 is 1.77. The van der Waals surface area contributed by atoms with Crippen molar-refractivity contribution in [2.24, 2.45) is 0 Å². The number of benzene rings is 1. The maximum atomic E-state index is 14.3. The summed E-state index contributed by atoms with van der Waals surface area (Å²) in [7, 11) is -3.77. The Morgan fingerprint density at radius 1 is 1.30 bits per heavy atom. The minimum Gasteiger partial charge on any atom is -0.350 e. The number of amides is 1. The number of rotatable bonds is 8. The number of sulfonamides is 1. The van der Waals surface area contributed by atoms with Crippen molar-refractivity contribution in [3.05, 3.63) is 51.5 Å². The molecule has 1 unspecified atom stereocenters. The number of hydrogen-bond donors (Lipinski definition) is 1. The predicted octanol–water partition coefficient (Wildman–Crippen LogP) is 3.09. The van der Waals surface area contributed by atoms with Crippen LogP contribution in [0.15, 0.2) is 34.5 Å². The molecule has 0 saturated heterocycles.